The highest BCUT2D eigenvalue weighted by Gasteiger charge is 2.15. The first-order valence-corrected chi connectivity index (χ1v) is 6.68. The Balaban J connectivity index is 2.01. The summed E-state index contributed by atoms with van der Waals surface area (Å²) in [5.41, 5.74) is 0. The average molecular weight is 226 g/mol. The lowest BCUT2D eigenvalue weighted by Crippen LogP contribution is -2.38. The molecule has 16 heavy (non-hydrogen) atoms. The Kier molecular flexibility index (Phi) is 6.46. The van der Waals surface area contributed by atoms with Gasteiger partial charge in [0.2, 0.25) is 5.91 Å². The van der Waals surface area contributed by atoms with Crippen molar-refractivity contribution in [2.24, 2.45) is 5.92 Å². The lowest BCUT2D eigenvalue weighted by Gasteiger charge is -2.22. The van der Waals surface area contributed by atoms with Gasteiger partial charge in [0.05, 0.1) is 0 Å². The molecule has 1 atom stereocenters. The number of piperidine rings is 1. The van der Waals surface area contributed by atoms with Gasteiger partial charge in [-0.2, -0.15) is 0 Å². The molecule has 1 fully saturated rings. The van der Waals surface area contributed by atoms with Gasteiger partial charge in [-0.1, -0.05) is 20.3 Å². The molecule has 1 amide bonds. The van der Waals surface area contributed by atoms with Gasteiger partial charge >= 0.3 is 0 Å². The van der Waals surface area contributed by atoms with Crippen molar-refractivity contribution in [3.63, 3.8) is 0 Å². The van der Waals surface area contributed by atoms with E-state index in [0.29, 0.717) is 12.5 Å². The molecule has 0 saturated carbocycles. The third kappa shape index (κ3) is 6.11. The topological polar surface area (TPSA) is 41.1 Å². The van der Waals surface area contributed by atoms with Crippen molar-refractivity contribution < 1.29 is 4.79 Å². The molecule has 0 aromatic rings. The standard InChI is InChI=1S/C13H26N2O/c1-11(2)6-5-9-15-13(16)10-12-7-3-4-8-14-12/h11-12,14H,3-10H2,1-2H3,(H,15,16). The van der Waals surface area contributed by atoms with Crippen molar-refractivity contribution in [1.82, 2.24) is 10.6 Å². The average Bonchev–Trinajstić information content (AvgIpc) is 2.25. The van der Waals surface area contributed by atoms with Crippen LogP contribution in [0.1, 0.15) is 52.4 Å². The Morgan fingerprint density at radius 1 is 1.44 bits per heavy atom. The molecule has 0 aromatic heterocycles. The van der Waals surface area contributed by atoms with E-state index in [1.54, 1.807) is 0 Å². The maximum atomic E-state index is 11.6. The second-order valence-electron chi connectivity index (χ2n) is 5.24. The first-order valence-electron chi connectivity index (χ1n) is 6.68. The van der Waals surface area contributed by atoms with Gasteiger partial charge in [0, 0.05) is 19.0 Å². The van der Waals surface area contributed by atoms with Crippen LogP contribution >= 0.6 is 0 Å². The monoisotopic (exact) mass is 226 g/mol. The predicted molar refractivity (Wildman–Crippen MR) is 67.3 cm³/mol. The van der Waals surface area contributed by atoms with Crippen LogP contribution in [-0.2, 0) is 4.79 Å². The Hall–Kier alpha value is -0.570. The minimum absolute atomic E-state index is 0.211. The number of rotatable bonds is 6. The second-order valence-corrected chi connectivity index (χ2v) is 5.24. The van der Waals surface area contributed by atoms with Gasteiger partial charge in [0.1, 0.15) is 0 Å². The minimum atomic E-state index is 0.211. The maximum Gasteiger partial charge on any atom is 0.221 e. The zero-order valence-corrected chi connectivity index (χ0v) is 10.7. The second kappa shape index (κ2) is 7.66. The summed E-state index contributed by atoms with van der Waals surface area (Å²) < 4.78 is 0. The van der Waals surface area contributed by atoms with Crippen molar-refractivity contribution in [2.75, 3.05) is 13.1 Å². The van der Waals surface area contributed by atoms with Crippen LogP contribution in [-0.4, -0.2) is 25.0 Å². The van der Waals surface area contributed by atoms with E-state index in [1.165, 1.54) is 19.3 Å². The van der Waals surface area contributed by atoms with Crippen LogP contribution in [0, 0.1) is 5.92 Å². The van der Waals surface area contributed by atoms with Gasteiger partial charge in [-0.25, -0.2) is 0 Å². The number of nitrogens with one attached hydrogen (secondary N) is 2. The molecule has 0 spiro atoms. The molecular weight excluding hydrogens is 200 g/mol. The minimum Gasteiger partial charge on any atom is -0.356 e. The van der Waals surface area contributed by atoms with E-state index in [4.69, 9.17) is 0 Å². The quantitative estimate of drug-likeness (QED) is 0.681. The summed E-state index contributed by atoms with van der Waals surface area (Å²) in [7, 11) is 0. The number of carbonyl (C=O) groups excluding carboxylic acids is 1. The lowest BCUT2D eigenvalue weighted by molar-refractivity contribution is -0.121. The van der Waals surface area contributed by atoms with Crippen LogP contribution in [0.2, 0.25) is 0 Å². The zero-order chi connectivity index (χ0) is 11.8. The molecule has 1 unspecified atom stereocenters. The normalized spacial score (nSPS) is 21.1. The number of hydrogen-bond donors (Lipinski definition) is 2. The summed E-state index contributed by atoms with van der Waals surface area (Å²) in [6.07, 6.45) is 6.62. The first kappa shape index (κ1) is 13.5. The summed E-state index contributed by atoms with van der Waals surface area (Å²) in [6, 6.07) is 0.416. The molecule has 0 aromatic carbocycles. The van der Waals surface area contributed by atoms with Crippen molar-refractivity contribution in [3.05, 3.63) is 0 Å². The molecule has 94 valence electrons. The first-order chi connectivity index (χ1) is 7.68. The van der Waals surface area contributed by atoms with E-state index >= 15 is 0 Å². The van der Waals surface area contributed by atoms with Crippen molar-refractivity contribution in [2.45, 2.75) is 58.4 Å². The zero-order valence-electron chi connectivity index (χ0n) is 10.7. The van der Waals surface area contributed by atoms with Crippen LogP contribution in [0.15, 0.2) is 0 Å². The number of carbonyl (C=O) groups is 1. The summed E-state index contributed by atoms with van der Waals surface area (Å²) in [5.74, 6) is 0.945. The van der Waals surface area contributed by atoms with E-state index in [-0.39, 0.29) is 5.91 Å². The Labute approximate surface area is 99.4 Å². The van der Waals surface area contributed by atoms with E-state index in [9.17, 15) is 4.79 Å². The third-order valence-electron chi connectivity index (χ3n) is 3.12. The molecule has 0 aliphatic carbocycles. The molecule has 3 nitrogen and oxygen atoms in total. The van der Waals surface area contributed by atoms with Crippen LogP contribution in [0.25, 0.3) is 0 Å². The van der Waals surface area contributed by atoms with Gasteiger partial charge in [0.15, 0.2) is 0 Å². The fourth-order valence-corrected chi connectivity index (χ4v) is 2.13. The van der Waals surface area contributed by atoms with Crippen LogP contribution in [0.4, 0.5) is 0 Å². The van der Waals surface area contributed by atoms with Gasteiger partial charge in [0.25, 0.3) is 0 Å². The van der Waals surface area contributed by atoms with Crippen molar-refractivity contribution in [3.8, 4) is 0 Å². The van der Waals surface area contributed by atoms with E-state index in [0.717, 1.165) is 31.8 Å². The van der Waals surface area contributed by atoms with Gasteiger partial charge in [-0.15, -0.1) is 0 Å². The lowest BCUT2D eigenvalue weighted by atomic mass is 10.0. The molecule has 0 radical (unpaired) electrons. The SMILES string of the molecule is CC(C)CCCNC(=O)CC1CCCCN1. The molecule has 1 rings (SSSR count). The smallest absolute Gasteiger partial charge is 0.221 e. The highest BCUT2D eigenvalue weighted by Crippen LogP contribution is 2.09. The van der Waals surface area contributed by atoms with Crippen LogP contribution in [0.3, 0.4) is 0 Å². The Bertz CT molecular complexity index is 198. The summed E-state index contributed by atoms with van der Waals surface area (Å²) in [6.45, 7) is 6.34. The largest absolute Gasteiger partial charge is 0.356 e. The predicted octanol–water partition coefficient (Wildman–Crippen LogP) is 2.07. The van der Waals surface area contributed by atoms with Gasteiger partial charge < -0.3 is 10.6 Å². The van der Waals surface area contributed by atoms with Crippen molar-refractivity contribution >= 4 is 5.91 Å². The Morgan fingerprint density at radius 2 is 2.25 bits per heavy atom. The van der Waals surface area contributed by atoms with Crippen molar-refractivity contribution in [1.29, 1.82) is 0 Å². The fourth-order valence-electron chi connectivity index (χ4n) is 2.13. The highest BCUT2D eigenvalue weighted by atomic mass is 16.1. The Morgan fingerprint density at radius 3 is 2.88 bits per heavy atom. The summed E-state index contributed by atoms with van der Waals surface area (Å²) >= 11 is 0. The molecule has 1 saturated heterocycles. The molecule has 1 aliphatic heterocycles. The number of amides is 1. The molecule has 0 bridgehead atoms. The summed E-state index contributed by atoms with van der Waals surface area (Å²) in [5, 5.41) is 6.40. The molecular formula is C13H26N2O. The molecule has 1 aliphatic rings. The maximum absolute atomic E-state index is 11.6. The van der Waals surface area contributed by atoms with Crippen LogP contribution in [0.5, 0.6) is 0 Å². The fraction of sp³-hybridized carbons (Fsp3) is 0.923. The van der Waals surface area contributed by atoms with Gasteiger partial charge in [-0.05, 0) is 38.1 Å². The third-order valence-corrected chi connectivity index (χ3v) is 3.12. The van der Waals surface area contributed by atoms with E-state index in [1.807, 2.05) is 0 Å². The van der Waals surface area contributed by atoms with Gasteiger partial charge in [-0.3, -0.25) is 4.79 Å². The van der Waals surface area contributed by atoms with E-state index in [2.05, 4.69) is 24.5 Å². The molecule has 2 N–H and O–H groups in total. The molecule has 1 heterocycles. The molecule has 3 heteroatoms. The van der Waals surface area contributed by atoms with E-state index < -0.39 is 0 Å². The van der Waals surface area contributed by atoms with Crippen LogP contribution < -0.4 is 10.6 Å². The summed E-state index contributed by atoms with van der Waals surface area (Å²) in [4.78, 5) is 11.6. The highest BCUT2D eigenvalue weighted by molar-refractivity contribution is 5.76. The number of hydrogen-bond acceptors (Lipinski definition) is 2.